The van der Waals surface area contributed by atoms with Crippen LogP contribution >= 0.6 is 11.8 Å². The second-order valence-electron chi connectivity index (χ2n) is 3.09. The smallest absolute Gasteiger partial charge is 0.234 e. The predicted octanol–water partition coefficient (Wildman–Crippen LogP) is 0.981. The number of hydrogen-bond acceptors (Lipinski definition) is 3. The van der Waals surface area contributed by atoms with E-state index in [1.165, 1.54) is 0 Å². The molecular weight excluding hydrogens is 184 g/mol. The molecule has 0 aromatic heterocycles. The van der Waals surface area contributed by atoms with Crippen LogP contribution in [0.5, 0.6) is 0 Å². The van der Waals surface area contributed by atoms with Gasteiger partial charge in [0, 0.05) is 11.8 Å². The number of amides is 1. The first kappa shape index (κ1) is 12.8. The summed E-state index contributed by atoms with van der Waals surface area (Å²) in [4.78, 5) is 10.9. The zero-order valence-corrected chi connectivity index (χ0v) is 9.49. The lowest BCUT2D eigenvalue weighted by Gasteiger charge is -2.19. The van der Waals surface area contributed by atoms with Crippen molar-refractivity contribution in [2.24, 2.45) is 5.73 Å². The molecule has 0 aliphatic heterocycles. The molecule has 0 aromatic carbocycles. The molecule has 3 nitrogen and oxygen atoms in total. The highest BCUT2D eigenvalue weighted by atomic mass is 32.2. The lowest BCUT2D eigenvalue weighted by atomic mass is 10.2. The van der Waals surface area contributed by atoms with Crippen LogP contribution in [-0.2, 0) is 4.79 Å². The summed E-state index contributed by atoms with van der Waals surface area (Å²) in [5, 5.41) is 3.21. The van der Waals surface area contributed by atoms with Crippen LogP contribution in [0.15, 0.2) is 0 Å². The normalized spacial score (nSPS) is 15.3. The van der Waals surface area contributed by atoms with Crippen molar-refractivity contribution in [3.8, 4) is 0 Å². The van der Waals surface area contributed by atoms with Gasteiger partial charge in [-0.1, -0.05) is 13.8 Å². The number of thioether (sulfide) groups is 1. The van der Waals surface area contributed by atoms with Crippen molar-refractivity contribution < 1.29 is 4.79 Å². The molecule has 0 fully saturated rings. The summed E-state index contributed by atoms with van der Waals surface area (Å²) in [6.07, 6.45) is 0.760. The second kappa shape index (κ2) is 7.21. The fourth-order valence-electron chi connectivity index (χ4n) is 1.09. The Morgan fingerprint density at radius 2 is 2.15 bits per heavy atom. The van der Waals surface area contributed by atoms with Gasteiger partial charge < -0.3 is 11.1 Å². The number of rotatable bonds is 7. The van der Waals surface area contributed by atoms with E-state index in [1.807, 2.05) is 18.7 Å². The Hall–Kier alpha value is -0.220. The Morgan fingerprint density at radius 3 is 2.54 bits per heavy atom. The van der Waals surface area contributed by atoms with Crippen molar-refractivity contribution in [1.82, 2.24) is 5.32 Å². The summed E-state index contributed by atoms with van der Waals surface area (Å²) in [5.74, 6) is 1.88. The molecule has 0 spiro atoms. The molecule has 1 amide bonds. The molecule has 4 heteroatoms. The third kappa shape index (κ3) is 5.93. The van der Waals surface area contributed by atoms with Crippen molar-refractivity contribution >= 4 is 17.7 Å². The van der Waals surface area contributed by atoms with Crippen LogP contribution in [-0.4, -0.2) is 29.5 Å². The number of hydrogen-bond donors (Lipinski definition) is 2. The molecule has 13 heavy (non-hydrogen) atoms. The van der Waals surface area contributed by atoms with E-state index in [1.54, 1.807) is 0 Å². The Kier molecular flexibility index (Phi) is 7.09. The summed E-state index contributed by atoms with van der Waals surface area (Å²) >= 11 is 1.87. The highest BCUT2D eigenvalue weighted by Crippen LogP contribution is 2.02. The van der Waals surface area contributed by atoms with Crippen LogP contribution in [0.4, 0.5) is 0 Å². The monoisotopic (exact) mass is 204 g/mol. The molecule has 0 aromatic rings. The quantitative estimate of drug-likeness (QED) is 0.650. The van der Waals surface area contributed by atoms with E-state index >= 15 is 0 Å². The lowest BCUT2D eigenvalue weighted by Crippen LogP contribution is -2.45. The Balaban J connectivity index is 3.73. The lowest BCUT2D eigenvalue weighted by molar-refractivity contribution is -0.120. The minimum absolute atomic E-state index is 0.174. The van der Waals surface area contributed by atoms with Gasteiger partial charge in [0.25, 0.3) is 0 Å². The van der Waals surface area contributed by atoms with Crippen LogP contribution in [0.1, 0.15) is 27.2 Å². The maximum atomic E-state index is 10.9. The molecule has 2 unspecified atom stereocenters. The highest BCUT2D eigenvalue weighted by molar-refractivity contribution is 7.99. The van der Waals surface area contributed by atoms with Gasteiger partial charge in [-0.15, -0.1) is 0 Å². The van der Waals surface area contributed by atoms with Crippen molar-refractivity contribution in [3.63, 3.8) is 0 Å². The molecule has 0 saturated heterocycles. The fraction of sp³-hybridized carbons (Fsp3) is 0.889. The van der Waals surface area contributed by atoms with Gasteiger partial charge in [0.2, 0.25) is 5.91 Å². The molecule has 0 saturated carbocycles. The molecule has 78 valence electrons. The number of carbonyl (C=O) groups excluding carboxylic acids is 1. The minimum atomic E-state index is -0.254. The van der Waals surface area contributed by atoms with Gasteiger partial charge in [-0.25, -0.2) is 0 Å². The van der Waals surface area contributed by atoms with E-state index in [4.69, 9.17) is 5.73 Å². The second-order valence-corrected chi connectivity index (χ2v) is 4.41. The van der Waals surface area contributed by atoms with E-state index in [-0.39, 0.29) is 11.9 Å². The largest absolute Gasteiger partial charge is 0.368 e. The molecule has 3 N–H and O–H groups in total. The molecule has 0 aliphatic rings. The number of nitrogens with one attached hydrogen (secondary N) is 1. The van der Waals surface area contributed by atoms with Gasteiger partial charge in [-0.05, 0) is 19.1 Å². The van der Waals surface area contributed by atoms with Crippen LogP contribution in [0, 0.1) is 0 Å². The molecule has 0 rings (SSSR count). The van der Waals surface area contributed by atoms with E-state index in [0.717, 1.165) is 17.9 Å². The topological polar surface area (TPSA) is 55.1 Å². The van der Waals surface area contributed by atoms with Gasteiger partial charge in [0.1, 0.15) is 0 Å². The molecular formula is C9H20N2OS. The van der Waals surface area contributed by atoms with Crippen molar-refractivity contribution in [1.29, 1.82) is 0 Å². The molecule has 0 radical (unpaired) electrons. The van der Waals surface area contributed by atoms with Gasteiger partial charge in [0.05, 0.1) is 6.04 Å². The first-order chi connectivity index (χ1) is 6.11. The van der Waals surface area contributed by atoms with Crippen LogP contribution < -0.4 is 11.1 Å². The summed E-state index contributed by atoms with van der Waals surface area (Å²) < 4.78 is 0. The van der Waals surface area contributed by atoms with Gasteiger partial charge in [0.15, 0.2) is 0 Å². The number of carbonyl (C=O) groups is 1. The van der Waals surface area contributed by atoms with Crippen molar-refractivity contribution in [2.45, 2.75) is 39.3 Å². The number of primary amides is 1. The van der Waals surface area contributed by atoms with Crippen molar-refractivity contribution in [2.75, 3.05) is 11.5 Å². The first-order valence-electron chi connectivity index (χ1n) is 4.74. The zero-order valence-electron chi connectivity index (χ0n) is 8.67. The average molecular weight is 204 g/mol. The minimum Gasteiger partial charge on any atom is -0.368 e. The van der Waals surface area contributed by atoms with E-state index < -0.39 is 0 Å². The number of nitrogens with two attached hydrogens (primary N) is 1. The third-order valence-corrected chi connectivity index (χ3v) is 2.95. The fourth-order valence-corrected chi connectivity index (χ4v) is 1.77. The van der Waals surface area contributed by atoms with Crippen LogP contribution in [0.2, 0.25) is 0 Å². The average Bonchev–Trinajstić information content (AvgIpc) is 2.10. The molecule has 0 heterocycles. The van der Waals surface area contributed by atoms with E-state index in [2.05, 4.69) is 19.2 Å². The zero-order chi connectivity index (χ0) is 10.3. The Bertz CT molecular complexity index is 153. The van der Waals surface area contributed by atoms with E-state index in [0.29, 0.717) is 6.04 Å². The summed E-state index contributed by atoms with van der Waals surface area (Å²) in [6, 6.07) is 0.176. The maximum Gasteiger partial charge on any atom is 0.234 e. The van der Waals surface area contributed by atoms with Crippen LogP contribution in [0.3, 0.4) is 0 Å². The first-order valence-corrected chi connectivity index (χ1v) is 5.90. The molecule has 2 atom stereocenters. The van der Waals surface area contributed by atoms with Crippen LogP contribution in [0.25, 0.3) is 0 Å². The third-order valence-electron chi connectivity index (χ3n) is 1.81. The summed E-state index contributed by atoms with van der Waals surface area (Å²) in [6.45, 7) is 6.17. The standard InChI is InChI=1S/C9H20N2OS/c1-4-8(9(10)12)11-7(3)6-13-5-2/h7-8,11H,4-6H2,1-3H3,(H2,10,12). The highest BCUT2D eigenvalue weighted by Gasteiger charge is 2.14. The summed E-state index contributed by atoms with van der Waals surface area (Å²) in [5.41, 5.74) is 5.22. The van der Waals surface area contributed by atoms with Gasteiger partial charge in [-0.3, -0.25) is 4.79 Å². The molecule has 0 aliphatic carbocycles. The SMILES string of the molecule is CCSCC(C)NC(CC)C(N)=O. The van der Waals surface area contributed by atoms with Crippen molar-refractivity contribution in [3.05, 3.63) is 0 Å². The summed E-state index contributed by atoms with van der Waals surface area (Å²) in [7, 11) is 0. The Morgan fingerprint density at radius 1 is 1.54 bits per heavy atom. The van der Waals surface area contributed by atoms with E-state index in [9.17, 15) is 4.79 Å². The maximum absolute atomic E-state index is 10.9. The molecule has 0 bridgehead atoms. The predicted molar refractivity (Wildman–Crippen MR) is 58.9 cm³/mol. The van der Waals surface area contributed by atoms with Gasteiger partial charge in [-0.2, -0.15) is 11.8 Å². The Labute approximate surface area is 84.8 Å². The van der Waals surface area contributed by atoms with Gasteiger partial charge >= 0.3 is 0 Å².